The van der Waals surface area contributed by atoms with E-state index in [0.717, 1.165) is 12.1 Å². The molecule has 3 aromatic rings. The van der Waals surface area contributed by atoms with E-state index < -0.39 is 11.6 Å². The van der Waals surface area contributed by atoms with E-state index in [4.69, 9.17) is 10.5 Å². The van der Waals surface area contributed by atoms with Gasteiger partial charge in [0.15, 0.2) is 5.82 Å². The monoisotopic (exact) mass is 287 g/mol. The first-order valence-corrected chi connectivity index (χ1v) is 6.16. The van der Waals surface area contributed by atoms with Crippen molar-refractivity contribution in [3.05, 3.63) is 48.0 Å². The third-order valence-corrected chi connectivity index (χ3v) is 3.12. The van der Waals surface area contributed by atoms with Gasteiger partial charge in [0, 0.05) is 5.39 Å². The van der Waals surface area contributed by atoms with Crippen LogP contribution in [-0.4, -0.2) is 17.1 Å². The predicted molar refractivity (Wildman–Crippen MR) is 75.9 cm³/mol. The van der Waals surface area contributed by atoms with Crippen LogP contribution in [0.4, 0.5) is 14.6 Å². The first kappa shape index (κ1) is 13.2. The fraction of sp³-hybridized carbons (Fsp3) is 0.0667. The van der Waals surface area contributed by atoms with E-state index in [-0.39, 0.29) is 17.2 Å². The number of rotatable bonds is 2. The normalized spacial score (nSPS) is 10.8. The summed E-state index contributed by atoms with van der Waals surface area (Å²) < 4.78 is 32.7. The molecule has 106 valence electrons. The van der Waals surface area contributed by atoms with Crippen LogP contribution >= 0.6 is 0 Å². The van der Waals surface area contributed by atoms with E-state index in [9.17, 15) is 8.78 Å². The van der Waals surface area contributed by atoms with Crippen LogP contribution in [0.5, 0.6) is 5.75 Å². The zero-order chi connectivity index (χ0) is 15.0. The zero-order valence-electron chi connectivity index (χ0n) is 11.1. The van der Waals surface area contributed by atoms with Gasteiger partial charge in [-0.2, -0.15) is 0 Å². The number of methoxy groups -OCH3 is 1. The summed E-state index contributed by atoms with van der Waals surface area (Å²) in [7, 11) is 1.53. The van der Waals surface area contributed by atoms with Gasteiger partial charge in [0.2, 0.25) is 0 Å². The van der Waals surface area contributed by atoms with Gasteiger partial charge in [-0.05, 0) is 30.3 Å². The van der Waals surface area contributed by atoms with Crippen molar-refractivity contribution in [1.82, 2.24) is 9.97 Å². The van der Waals surface area contributed by atoms with E-state index >= 15 is 0 Å². The summed E-state index contributed by atoms with van der Waals surface area (Å²) >= 11 is 0. The molecule has 0 radical (unpaired) electrons. The maximum absolute atomic E-state index is 13.8. The molecule has 0 saturated carbocycles. The van der Waals surface area contributed by atoms with Crippen molar-refractivity contribution in [3.8, 4) is 17.1 Å². The van der Waals surface area contributed by atoms with Crippen LogP contribution in [0.2, 0.25) is 0 Å². The summed E-state index contributed by atoms with van der Waals surface area (Å²) in [6.07, 6.45) is 0. The van der Waals surface area contributed by atoms with Crippen molar-refractivity contribution in [3.63, 3.8) is 0 Å². The third-order valence-electron chi connectivity index (χ3n) is 3.12. The van der Waals surface area contributed by atoms with Crippen molar-refractivity contribution in [2.75, 3.05) is 12.8 Å². The molecule has 2 N–H and O–H groups in total. The Morgan fingerprint density at radius 1 is 1.05 bits per heavy atom. The van der Waals surface area contributed by atoms with E-state index in [2.05, 4.69) is 9.97 Å². The van der Waals surface area contributed by atoms with Gasteiger partial charge in [-0.1, -0.05) is 6.07 Å². The van der Waals surface area contributed by atoms with Crippen molar-refractivity contribution in [1.29, 1.82) is 0 Å². The van der Waals surface area contributed by atoms with E-state index in [1.165, 1.54) is 13.2 Å². The number of halogens is 2. The van der Waals surface area contributed by atoms with Crippen LogP contribution in [0.25, 0.3) is 22.3 Å². The highest BCUT2D eigenvalue weighted by Crippen LogP contribution is 2.28. The molecule has 0 amide bonds. The molecule has 4 nitrogen and oxygen atoms in total. The van der Waals surface area contributed by atoms with Crippen LogP contribution in [0.15, 0.2) is 36.4 Å². The molecular weight excluding hydrogens is 276 g/mol. The second-order valence-corrected chi connectivity index (χ2v) is 4.41. The Balaban J connectivity index is 2.26. The Bertz CT molecular complexity index is 816. The largest absolute Gasteiger partial charge is 0.497 e. The molecule has 0 unspecified atom stereocenters. The lowest BCUT2D eigenvalue weighted by Gasteiger charge is -2.08. The van der Waals surface area contributed by atoms with Gasteiger partial charge in [0.1, 0.15) is 23.2 Å². The molecule has 0 saturated heterocycles. The average molecular weight is 287 g/mol. The van der Waals surface area contributed by atoms with Gasteiger partial charge in [-0.3, -0.25) is 0 Å². The average Bonchev–Trinajstić information content (AvgIpc) is 2.47. The van der Waals surface area contributed by atoms with Crippen LogP contribution in [0.3, 0.4) is 0 Å². The minimum atomic E-state index is -0.734. The minimum absolute atomic E-state index is 0.0826. The quantitative estimate of drug-likeness (QED) is 0.786. The molecule has 0 aliphatic rings. The molecule has 2 aromatic carbocycles. The Labute approximate surface area is 119 Å². The number of ether oxygens (including phenoxy) is 1. The molecule has 1 heterocycles. The predicted octanol–water partition coefficient (Wildman–Crippen LogP) is 3.17. The summed E-state index contributed by atoms with van der Waals surface area (Å²) in [5.41, 5.74) is 6.06. The molecule has 0 bridgehead atoms. The van der Waals surface area contributed by atoms with Crippen LogP contribution in [-0.2, 0) is 0 Å². The van der Waals surface area contributed by atoms with Gasteiger partial charge in [0.05, 0.1) is 18.2 Å². The van der Waals surface area contributed by atoms with Gasteiger partial charge >= 0.3 is 0 Å². The molecular formula is C15H11F2N3O. The van der Waals surface area contributed by atoms with Gasteiger partial charge in [-0.15, -0.1) is 0 Å². The number of nitrogen functional groups attached to an aromatic ring is 1. The summed E-state index contributed by atoms with van der Waals surface area (Å²) in [6, 6.07) is 8.60. The van der Waals surface area contributed by atoms with Gasteiger partial charge in [0.25, 0.3) is 0 Å². The smallest absolute Gasteiger partial charge is 0.168 e. The zero-order valence-corrected chi connectivity index (χ0v) is 11.1. The van der Waals surface area contributed by atoms with Crippen molar-refractivity contribution >= 4 is 16.7 Å². The molecule has 0 aliphatic carbocycles. The molecule has 0 fully saturated rings. The van der Waals surface area contributed by atoms with Crippen LogP contribution < -0.4 is 10.5 Å². The number of anilines is 1. The number of hydrogen-bond acceptors (Lipinski definition) is 4. The maximum Gasteiger partial charge on any atom is 0.168 e. The lowest BCUT2D eigenvalue weighted by Crippen LogP contribution is -2.01. The number of aromatic nitrogens is 2. The van der Waals surface area contributed by atoms with Crippen LogP contribution in [0.1, 0.15) is 0 Å². The highest BCUT2D eigenvalue weighted by Gasteiger charge is 2.16. The summed E-state index contributed by atoms with van der Waals surface area (Å²) in [5.74, 6) is -0.815. The molecule has 0 aliphatic heterocycles. The van der Waals surface area contributed by atoms with Crippen LogP contribution in [0, 0.1) is 11.6 Å². The van der Waals surface area contributed by atoms with E-state index in [0.29, 0.717) is 16.7 Å². The number of hydrogen-bond donors (Lipinski definition) is 1. The summed E-state index contributed by atoms with van der Waals surface area (Å²) in [5, 5.41) is 0.565. The lowest BCUT2D eigenvalue weighted by molar-refractivity contribution is 0.415. The first-order chi connectivity index (χ1) is 10.1. The molecule has 21 heavy (non-hydrogen) atoms. The molecule has 1 aromatic heterocycles. The van der Waals surface area contributed by atoms with E-state index in [1.807, 2.05) is 0 Å². The molecule has 0 spiro atoms. The van der Waals surface area contributed by atoms with Gasteiger partial charge in [-0.25, -0.2) is 18.7 Å². The second-order valence-electron chi connectivity index (χ2n) is 4.41. The highest BCUT2D eigenvalue weighted by atomic mass is 19.1. The summed E-state index contributed by atoms with van der Waals surface area (Å²) in [4.78, 5) is 8.18. The number of fused-ring (bicyclic) bond motifs is 1. The minimum Gasteiger partial charge on any atom is -0.497 e. The Kier molecular flexibility index (Phi) is 3.13. The topological polar surface area (TPSA) is 61.0 Å². The number of nitrogens with two attached hydrogens (primary N) is 1. The fourth-order valence-electron chi connectivity index (χ4n) is 2.08. The van der Waals surface area contributed by atoms with Crippen molar-refractivity contribution in [2.24, 2.45) is 0 Å². The lowest BCUT2D eigenvalue weighted by atomic mass is 10.1. The first-order valence-electron chi connectivity index (χ1n) is 6.16. The second kappa shape index (κ2) is 4.97. The third kappa shape index (κ3) is 2.24. The van der Waals surface area contributed by atoms with E-state index in [1.54, 1.807) is 18.2 Å². The fourth-order valence-corrected chi connectivity index (χ4v) is 2.08. The van der Waals surface area contributed by atoms with Gasteiger partial charge < -0.3 is 10.5 Å². The molecule has 6 heteroatoms. The Morgan fingerprint density at radius 3 is 2.43 bits per heavy atom. The summed E-state index contributed by atoms with van der Waals surface area (Å²) in [6.45, 7) is 0. The van der Waals surface area contributed by atoms with Crippen molar-refractivity contribution < 1.29 is 13.5 Å². The highest BCUT2D eigenvalue weighted by molar-refractivity contribution is 5.90. The number of benzene rings is 2. The SMILES string of the molecule is COc1ccc2nc(-c3c(F)cccc3F)nc(N)c2c1. The molecule has 0 atom stereocenters. The standard InChI is InChI=1S/C15H11F2N3O/c1-21-8-5-6-12-9(7-8)14(18)20-15(19-12)13-10(16)3-2-4-11(13)17/h2-7H,1H3,(H2,18,19,20). The Hall–Kier alpha value is -2.76. The maximum atomic E-state index is 13.8. The Morgan fingerprint density at radius 2 is 1.76 bits per heavy atom. The van der Waals surface area contributed by atoms with Crippen molar-refractivity contribution in [2.45, 2.75) is 0 Å². The number of nitrogens with zero attached hydrogens (tertiary/aromatic N) is 2. The molecule has 3 rings (SSSR count).